The van der Waals surface area contributed by atoms with Gasteiger partial charge in [0, 0.05) is 23.5 Å². The summed E-state index contributed by atoms with van der Waals surface area (Å²) < 4.78 is 27.4. The van der Waals surface area contributed by atoms with Crippen molar-refractivity contribution in [3.8, 4) is 0 Å². The summed E-state index contributed by atoms with van der Waals surface area (Å²) in [7, 11) is -3.51. The average Bonchev–Trinajstić information content (AvgIpc) is 2.42. The van der Waals surface area contributed by atoms with E-state index in [0.29, 0.717) is 29.0 Å². The minimum Gasteiger partial charge on any atom is -0.207 e. The van der Waals surface area contributed by atoms with E-state index in [1.165, 1.54) is 0 Å². The Morgan fingerprint density at radius 3 is 2.57 bits per heavy atom. The monoisotopic (exact) mass is 349 g/mol. The van der Waals surface area contributed by atoms with Crippen LogP contribution >= 0.6 is 23.2 Å². The minimum absolute atomic E-state index is 0.00123. The van der Waals surface area contributed by atoms with Gasteiger partial charge in [0.25, 0.3) is 0 Å². The number of benzene rings is 1. The van der Waals surface area contributed by atoms with Crippen molar-refractivity contribution in [2.75, 3.05) is 6.54 Å². The van der Waals surface area contributed by atoms with Gasteiger partial charge in [-0.3, -0.25) is 0 Å². The third-order valence-corrected chi connectivity index (χ3v) is 6.92. The predicted octanol–water partition coefficient (Wildman–Crippen LogP) is 4.13. The zero-order valence-corrected chi connectivity index (χ0v) is 14.8. The van der Waals surface area contributed by atoms with E-state index >= 15 is 0 Å². The number of piperidine rings is 1. The molecular formula is C15H21Cl2NO2S. The van der Waals surface area contributed by atoms with E-state index in [0.717, 1.165) is 6.42 Å². The molecule has 2 rings (SSSR count). The fourth-order valence-electron chi connectivity index (χ4n) is 2.93. The molecule has 3 nitrogen and oxygen atoms in total. The molecule has 1 aromatic carbocycles. The summed E-state index contributed by atoms with van der Waals surface area (Å²) >= 11 is 11.8. The van der Waals surface area contributed by atoms with Crippen molar-refractivity contribution in [3.05, 3.63) is 28.8 Å². The first kappa shape index (κ1) is 17.1. The van der Waals surface area contributed by atoms with E-state index in [4.69, 9.17) is 23.2 Å². The maximum atomic E-state index is 12.9. The van der Waals surface area contributed by atoms with Crippen LogP contribution in [-0.2, 0) is 15.9 Å². The number of halogens is 2. The summed E-state index contributed by atoms with van der Waals surface area (Å²) in [5.41, 5.74) is 0.644. The van der Waals surface area contributed by atoms with Gasteiger partial charge in [-0.2, -0.15) is 4.31 Å². The molecule has 6 heteroatoms. The number of alkyl halides is 1. The molecule has 1 fully saturated rings. The van der Waals surface area contributed by atoms with Crippen LogP contribution in [0.25, 0.3) is 0 Å². The molecule has 0 aliphatic carbocycles. The Bertz CT molecular complexity index is 618. The van der Waals surface area contributed by atoms with E-state index < -0.39 is 10.0 Å². The van der Waals surface area contributed by atoms with Crippen LogP contribution in [0.2, 0.25) is 5.02 Å². The molecule has 0 saturated carbocycles. The third-order valence-electron chi connectivity index (χ3n) is 4.31. The summed E-state index contributed by atoms with van der Waals surface area (Å²) in [6.45, 7) is 6.74. The Balaban J connectivity index is 2.41. The lowest BCUT2D eigenvalue weighted by atomic mass is 9.88. The molecule has 3 atom stereocenters. The fraction of sp³-hybridized carbons (Fsp3) is 0.600. The minimum atomic E-state index is -3.51. The van der Waals surface area contributed by atoms with Crippen molar-refractivity contribution < 1.29 is 8.42 Å². The van der Waals surface area contributed by atoms with Crippen LogP contribution in [-0.4, -0.2) is 25.3 Å². The van der Waals surface area contributed by atoms with Crippen LogP contribution in [0.1, 0.15) is 32.8 Å². The average molecular weight is 350 g/mol. The molecule has 3 unspecified atom stereocenters. The second-order valence-corrected chi connectivity index (χ2v) is 8.59. The molecule has 0 N–H and O–H groups in total. The lowest BCUT2D eigenvalue weighted by molar-refractivity contribution is 0.157. The Labute approximate surface area is 137 Å². The van der Waals surface area contributed by atoms with Crippen LogP contribution in [0.4, 0.5) is 0 Å². The van der Waals surface area contributed by atoms with Gasteiger partial charge in [0.1, 0.15) is 0 Å². The maximum Gasteiger partial charge on any atom is 0.243 e. The van der Waals surface area contributed by atoms with Crippen molar-refractivity contribution in [2.45, 2.75) is 44.0 Å². The summed E-state index contributed by atoms with van der Waals surface area (Å²) in [5.74, 6) is 0.916. The Morgan fingerprint density at radius 2 is 1.95 bits per heavy atom. The van der Waals surface area contributed by atoms with Crippen molar-refractivity contribution in [3.63, 3.8) is 0 Å². The first-order valence-electron chi connectivity index (χ1n) is 7.13. The Morgan fingerprint density at radius 1 is 1.29 bits per heavy atom. The summed E-state index contributed by atoms with van der Waals surface area (Å²) in [6.07, 6.45) is 1.06. The molecule has 0 radical (unpaired) electrons. The Hall–Kier alpha value is -0.290. The van der Waals surface area contributed by atoms with E-state index in [9.17, 15) is 8.42 Å². The Kier molecular flexibility index (Phi) is 5.24. The fourth-order valence-corrected chi connectivity index (χ4v) is 5.30. The van der Waals surface area contributed by atoms with Gasteiger partial charge in [-0.05, 0) is 48.9 Å². The molecule has 0 spiro atoms. The summed E-state index contributed by atoms with van der Waals surface area (Å²) in [4.78, 5) is 0.274. The van der Waals surface area contributed by atoms with Crippen LogP contribution in [0.15, 0.2) is 23.1 Å². The highest BCUT2D eigenvalue weighted by atomic mass is 35.5. The summed E-state index contributed by atoms with van der Waals surface area (Å²) in [6, 6.07) is 4.75. The molecule has 0 amide bonds. The van der Waals surface area contributed by atoms with Gasteiger partial charge >= 0.3 is 0 Å². The lowest BCUT2D eigenvalue weighted by Crippen LogP contribution is -2.48. The van der Waals surface area contributed by atoms with E-state index in [1.807, 2.05) is 6.92 Å². The molecule has 21 heavy (non-hydrogen) atoms. The first-order chi connectivity index (χ1) is 9.77. The highest BCUT2D eigenvalue weighted by Crippen LogP contribution is 2.32. The van der Waals surface area contributed by atoms with Gasteiger partial charge in [-0.25, -0.2) is 8.42 Å². The van der Waals surface area contributed by atoms with Gasteiger partial charge in [0.05, 0.1) is 4.90 Å². The zero-order chi connectivity index (χ0) is 15.8. The van der Waals surface area contributed by atoms with Gasteiger partial charge in [-0.1, -0.05) is 25.4 Å². The number of sulfonamides is 1. The topological polar surface area (TPSA) is 37.4 Å². The van der Waals surface area contributed by atoms with Crippen LogP contribution in [0.3, 0.4) is 0 Å². The van der Waals surface area contributed by atoms with E-state index in [-0.39, 0.29) is 16.8 Å². The van der Waals surface area contributed by atoms with Gasteiger partial charge in [0.2, 0.25) is 10.0 Å². The predicted molar refractivity (Wildman–Crippen MR) is 87.3 cm³/mol. The van der Waals surface area contributed by atoms with Crippen LogP contribution < -0.4 is 0 Å². The largest absolute Gasteiger partial charge is 0.243 e. The molecule has 1 saturated heterocycles. The molecule has 1 aliphatic heterocycles. The lowest BCUT2D eigenvalue weighted by Gasteiger charge is -2.40. The highest BCUT2D eigenvalue weighted by molar-refractivity contribution is 7.89. The van der Waals surface area contributed by atoms with Crippen molar-refractivity contribution in [2.24, 2.45) is 11.8 Å². The van der Waals surface area contributed by atoms with Crippen molar-refractivity contribution in [1.82, 2.24) is 4.31 Å². The van der Waals surface area contributed by atoms with Crippen molar-refractivity contribution in [1.29, 1.82) is 0 Å². The number of hydrogen-bond acceptors (Lipinski definition) is 2. The standard InChI is InChI=1S/C15H21Cl2NO2S/c1-10-6-11(2)12(3)18(9-10)21(19,20)14-4-5-15(17)13(7-14)8-16/h4-5,7,10-12H,6,8-9H2,1-3H3. The normalized spacial score (nSPS) is 27.8. The van der Waals surface area contributed by atoms with Gasteiger partial charge < -0.3 is 0 Å². The molecule has 118 valence electrons. The highest BCUT2D eigenvalue weighted by Gasteiger charge is 2.37. The molecule has 0 bridgehead atoms. The molecular weight excluding hydrogens is 329 g/mol. The number of hydrogen-bond donors (Lipinski definition) is 0. The van der Waals surface area contributed by atoms with E-state index in [2.05, 4.69) is 13.8 Å². The zero-order valence-electron chi connectivity index (χ0n) is 12.5. The molecule has 0 aromatic heterocycles. The second kappa shape index (κ2) is 6.45. The van der Waals surface area contributed by atoms with Crippen molar-refractivity contribution >= 4 is 33.2 Å². The van der Waals surface area contributed by atoms with Gasteiger partial charge in [-0.15, -0.1) is 11.6 Å². The van der Waals surface area contributed by atoms with Crippen LogP contribution in [0, 0.1) is 11.8 Å². The molecule has 1 heterocycles. The number of nitrogens with zero attached hydrogens (tertiary/aromatic N) is 1. The first-order valence-corrected chi connectivity index (χ1v) is 9.48. The van der Waals surface area contributed by atoms with E-state index in [1.54, 1.807) is 22.5 Å². The SMILES string of the molecule is CC1CC(C)C(C)N(S(=O)(=O)c2ccc(Cl)c(CCl)c2)C1. The molecule has 1 aliphatic rings. The maximum absolute atomic E-state index is 12.9. The second-order valence-electron chi connectivity index (χ2n) is 6.02. The third kappa shape index (κ3) is 3.39. The van der Waals surface area contributed by atoms with Crippen LogP contribution in [0.5, 0.6) is 0 Å². The van der Waals surface area contributed by atoms with Gasteiger partial charge in [0.15, 0.2) is 0 Å². The summed E-state index contributed by atoms with van der Waals surface area (Å²) in [5, 5.41) is 0.498. The molecule has 1 aromatic rings. The number of rotatable bonds is 3. The smallest absolute Gasteiger partial charge is 0.207 e. The quantitative estimate of drug-likeness (QED) is 0.769.